The molecule has 1 N–H and O–H groups in total. The summed E-state index contributed by atoms with van der Waals surface area (Å²) in [5, 5.41) is 3.00. The van der Waals surface area contributed by atoms with Gasteiger partial charge in [-0.2, -0.15) is 0 Å². The Morgan fingerprint density at radius 2 is 2.00 bits per heavy atom. The molecule has 0 aromatic carbocycles. The third-order valence-corrected chi connectivity index (χ3v) is 4.45. The normalized spacial score (nSPS) is 25.5. The van der Waals surface area contributed by atoms with Crippen LogP contribution in [-0.4, -0.2) is 48.1 Å². The van der Waals surface area contributed by atoms with E-state index in [0.29, 0.717) is 32.1 Å². The molecule has 5 heteroatoms. The highest BCUT2D eigenvalue weighted by atomic mass is 16.5. The van der Waals surface area contributed by atoms with Gasteiger partial charge in [-0.15, -0.1) is 0 Å². The maximum atomic E-state index is 12.9. The molecule has 1 spiro atoms. The Kier molecular flexibility index (Phi) is 5.25. The number of amides is 2. The molecule has 1 atom stereocenters. The van der Waals surface area contributed by atoms with Gasteiger partial charge < -0.3 is 15.0 Å². The molecule has 21 heavy (non-hydrogen) atoms. The summed E-state index contributed by atoms with van der Waals surface area (Å²) in [7, 11) is 0. The highest BCUT2D eigenvalue weighted by Gasteiger charge is 2.47. The van der Waals surface area contributed by atoms with Crippen LogP contribution < -0.4 is 5.32 Å². The van der Waals surface area contributed by atoms with E-state index >= 15 is 0 Å². The molecular weight excluding hydrogens is 268 g/mol. The van der Waals surface area contributed by atoms with E-state index in [1.807, 2.05) is 11.8 Å². The van der Waals surface area contributed by atoms with Crippen LogP contribution in [0.15, 0.2) is 0 Å². The molecule has 5 nitrogen and oxygen atoms in total. The van der Waals surface area contributed by atoms with Gasteiger partial charge in [0.1, 0.15) is 5.54 Å². The van der Waals surface area contributed by atoms with Crippen molar-refractivity contribution in [1.29, 1.82) is 0 Å². The molecule has 2 rings (SSSR count). The van der Waals surface area contributed by atoms with Crippen molar-refractivity contribution in [3.8, 4) is 0 Å². The Morgan fingerprint density at radius 3 is 2.62 bits per heavy atom. The summed E-state index contributed by atoms with van der Waals surface area (Å²) in [5.41, 5.74) is -0.639. The van der Waals surface area contributed by atoms with Gasteiger partial charge in [0, 0.05) is 25.6 Å². The molecular formula is C16H28N2O3. The maximum Gasteiger partial charge on any atom is 0.248 e. The molecule has 1 unspecified atom stereocenters. The summed E-state index contributed by atoms with van der Waals surface area (Å²) in [5.74, 6) is 0.585. The van der Waals surface area contributed by atoms with E-state index in [2.05, 4.69) is 19.2 Å². The zero-order chi connectivity index (χ0) is 15.5. The standard InChI is InChI=1S/C16H28N2O3/c1-12(2)11-21-9-8-18-13(3)10-14(19)17-16(15(18)20)6-4-5-7-16/h12-13H,4-11H2,1-3H3,(H,17,19). The molecule has 1 saturated heterocycles. The number of nitrogens with one attached hydrogen (secondary N) is 1. The van der Waals surface area contributed by atoms with E-state index in [9.17, 15) is 9.59 Å². The van der Waals surface area contributed by atoms with Crippen molar-refractivity contribution in [3.63, 3.8) is 0 Å². The zero-order valence-electron chi connectivity index (χ0n) is 13.5. The number of ether oxygens (including phenoxy) is 1. The predicted molar refractivity (Wildman–Crippen MR) is 80.8 cm³/mol. The van der Waals surface area contributed by atoms with Crippen LogP contribution in [0, 0.1) is 5.92 Å². The Bertz CT molecular complexity index is 389. The first-order valence-corrected chi connectivity index (χ1v) is 8.14. The Labute approximate surface area is 127 Å². The van der Waals surface area contributed by atoms with Crippen LogP contribution in [0.3, 0.4) is 0 Å². The summed E-state index contributed by atoms with van der Waals surface area (Å²) in [6.07, 6.45) is 3.95. The molecule has 1 aliphatic carbocycles. The van der Waals surface area contributed by atoms with Crippen molar-refractivity contribution in [2.45, 2.75) is 64.5 Å². The summed E-state index contributed by atoms with van der Waals surface area (Å²) in [4.78, 5) is 26.8. The molecule has 0 bridgehead atoms. The fraction of sp³-hybridized carbons (Fsp3) is 0.875. The highest BCUT2D eigenvalue weighted by molar-refractivity contribution is 5.94. The molecule has 1 heterocycles. The van der Waals surface area contributed by atoms with Crippen LogP contribution >= 0.6 is 0 Å². The molecule has 1 saturated carbocycles. The van der Waals surface area contributed by atoms with E-state index < -0.39 is 5.54 Å². The van der Waals surface area contributed by atoms with E-state index in [1.54, 1.807) is 0 Å². The van der Waals surface area contributed by atoms with Gasteiger partial charge >= 0.3 is 0 Å². The number of hydrogen-bond donors (Lipinski definition) is 1. The van der Waals surface area contributed by atoms with Crippen molar-refractivity contribution in [1.82, 2.24) is 10.2 Å². The summed E-state index contributed by atoms with van der Waals surface area (Å²) < 4.78 is 5.61. The lowest BCUT2D eigenvalue weighted by molar-refractivity contribution is -0.140. The van der Waals surface area contributed by atoms with Crippen molar-refractivity contribution < 1.29 is 14.3 Å². The summed E-state index contributed by atoms with van der Waals surface area (Å²) in [6.45, 7) is 7.99. The topological polar surface area (TPSA) is 58.6 Å². The average Bonchev–Trinajstić information content (AvgIpc) is 2.83. The van der Waals surface area contributed by atoms with Crippen LogP contribution in [0.25, 0.3) is 0 Å². The lowest BCUT2D eigenvalue weighted by atomic mass is 9.95. The number of carbonyl (C=O) groups excluding carboxylic acids is 2. The monoisotopic (exact) mass is 296 g/mol. The van der Waals surface area contributed by atoms with Gasteiger partial charge in [0.2, 0.25) is 11.8 Å². The van der Waals surface area contributed by atoms with Crippen molar-refractivity contribution in [2.75, 3.05) is 19.8 Å². The van der Waals surface area contributed by atoms with Gasteiger partial charge in [-0.05, 0) is 25.7 Å². The smallest absolute Gasteiger partial charge is 0.248 e. The highest BCUT2D eigenvalue weighted by Crippen LogP contribution is 2.34. The molecule has 2 amide bonds. The van der Waals surface area contributed by atoms with E-state index in [4.69, 9.17) is 4.74 Å². The average molecular weight is 296 g/mol. The largest absolute Gasteiger partial charge is 0.379 e. The molecule has 0 aromatic heterocycles. The molecule has 0 aromatic rings. The van der Waals surface area contributed by atoms with Gasteiger partial charge in [-0.3, -0.25) is 9.59 Å². The number of hydrogen-bond acceptors (Lipinski definition) is 3. The van der Waals surface area contributed by atoms with Crippen molar-refractivity contribution in [2.24, 2.45) is 5.92 Å². The van der Waals surface area contributed by atoms with E-state index in [1.165, 1.54) is 0 Å². The zero-order valence-corrected chi connectivity index (χ0v) is 13.5. The van der Waals surface area contributed by atoms with Crippen LogP contribution in [-0.2, 0) is 14.3 Å². The Hall–Kier alpha value is -1.10. The predicted octanol–water partition coefficient (Wildman–Crippen LogP) is 1.71. The van der Waals surface area contributed by atoms with Crippen LogP contribution in [0.1, 0.15) is 52.9 Å². The lowest BCUT2D eigenvalue weighted by Gasteiger charge is -2.34. The number of rotatable bonds is 5. The molecule has 1 aliphatic heterocycles. The molecule has 120 valence electrons. The lowest BCUT2D eigenvalue weighted by Crippen LogP contribution is -2.56. The third-order valence-electron chi connectivity index (χ3n) is 4.45. The second-order valence-corrected chi connectivity index (χ2v) is 6.86. The Balaban J connectivity index is 2.02. The van der Waals surface area contributed by atoms with Crippen molar-refractivity contribution >= 4 is 11.8 Å². The van der Waals surface area contributed by atoms with Gasteiger partial charge in [0.05, 0.1) is 6.61 Å². The van der Waals surface area contributed by atoms with E-state index in [0.717, 1.165) is 25.7 Å². The first-order chi connectivity index (χ1) is 9.94. The third kappa shape index (κ3) is 3.76. The second-order valence-electron chi connectivity index (χ2n) is 6.86. The fourth-order valence-electron chi connectivity index (χ4n) is 3.35. The fourth-order valence-corrected chi connectivity index (χ4v) is 3.35. The van der Waals surface area contributed by atoms with Gasteiger partial charge in [0.15, 0.2) is 0 Å². The minimum Gasteiger partial charge on any atom is -0.379 e. The summed E-state index contributed by atoms with van der Waals surface area (Å²) in [6, 6.07) is -0.0554. The molecule has 0 radical (unpaired) electrons. The second kappa shape index (κ2) is 6.77. The first kappa shape index (κ1) is 16.3. The minimum atomic E-state index is -0.639. The maximum absolute atomic E-state index is 12.9. The van der Waals surface area contributed by atoms with Crippen LogP contribution in [0.2, 0.25) is 0 Å². The van der Waals surface area contributed by atoms with Gasteiger partial charge in [-0.25, -0.2) is 0 Å². The quantitative estimate of drug-likeness (QED) is 0.786. The summed E-state index contributed by atoms with van der Waals surface area (Å²) >= 11 is 0. The molecule has 2 aliphatic rings. The van der Waals surface area contributed by atoms with Crippen LogP contribution in [0.4, 0.5) is 0 Å². The first-order valence-electron chi connectivity index (χ1n) is 8.14. The Morgan fingerprint density at radius 1 is 1.33 bits per heavy atom. The van der Waals surface area contributed by atoms with Crippen LogP contribution in [0.5, 0.6) is 0 Å². The SMILES string of the molecule is CC(C)COCCN1C(=O)C2(CCCC2)NC(=O)CC1C. The van der Waals surface area contributed by atoms with Crippen molar-refractivity contribution in [3.05, 3.63) is 0 Å². The minimum absolute atomic E-state index is 0.00310. The van der Waals surface area contributed by atoms with Gasteiger partial charge in [0.25, 0.3) is 0 Å². The number of carbonyl (C=O) groups is 2. The van der Waals surface area contributed by atoms with E-state index in [-0.39, 0.29) is 17.9 Å². The molecule has 2 fully saturated rings. The number of nitrogens with zero attached hydrogens (tertiary/aromatic N) is 1. The van der Waals surface area contributed by atoms with Gasteiger partial charge in [-0.1, -0.05) is 26.7 Å².